The van der Waals surface area contributed by atoms with Crippen molar-refractivity contribution in [1.29, 1.82) is 0 Å². The van der Waals surface area contributed by atoms with Crippen LogP contribution in [-0.4, -0.2) is 31.9 Å². The van der Waals surface area contributed by atoms with Gasteiger partial charge in [0.15, 0.2) is 0 Å². The zero-order valence-electron chi connectivity index (χ0n) is 5.58. The summed E-state index contributed by atoms with van der Waals surface area (Å²) in [5, 5.41) is 8.60. The Bertz CT molecular complexity index is 199. The summed E-state index contributed by atoms with van der Waals surface area (Å²) < 4.78 is 24.0. The lowest BCUT2D eigenvalue weighted by Gasteiger charge is -2.20. The van der Waals surface area contributed by atoms with Crippen molar-refractivity contribution in [3.63, 3.8) is 0 Å². The van der Waals surface area contributed by atoms with Crippen molar-refractivity contribution in [3.05, 3.63) is 0 Å². The molecule has 0 amide bonds. The van der Waals surface area contributed by atoms with Crippen molar-refractivity contribution in [2.45, 2.75) is 18.9 Å². The molecule has 0 aromatic rings. The van der Waals surface area contributed by atoms with Crippen LogP contribution in [-0.2, 0) is 10.0 Å². The fourth-order valence-electron chi connectivity index (χ4n) is 1.02. The molecule has 0 radical (unpaired) electrons. The number of nitrogens with one attached hydrogen (secondary N) is 1. The Labute approximate surface area is 60.3 Å². The number of hydrogen-bond donors (Lipinski definition) is 2. The molecule has 1 aliphatic heterocycles. The van der Waals surface area contributed by atoms with Crippen LogP contribution >= 0.6 is 0 Å². The Balaban J connectivity index is 2.56. The highest BCUT2D eigenvalue weighted by molar-refractivity contribution is 7.89. The second-order valence-electron chi connectivity index (χ2n) is 2.46. The molecule has 0 bridgehead atoms. The summed E-state index contributed by atoms with van der Waals surface area (Å²) in [6.45, 7) is -0.0980. The Morgan fingerprint density at radius 2 is 2.30 bits per heavy atom. The maximum Gasteiger partial charge on any atom is 0.211 e. The van der Waals surface area contributed by atoms with Crippen molar-refractivity contribution in [3.8, 4) is 0 Å². The largest absolute Gasteiger partial charge is 0.395 e. The van der Waals surface area contributed by atoms with Crippen LogP contribution in [0.1, 0.15) is 12.8 Å². The molecule has 1 atom stereocenters. The molecule has 1 heterocycles. The summed E-state index contributed by atoms with van der Waals surface area (Å²) in [7, 11) is -3.05. The molecule has 1 saturated heterocycles. The van der Waals surface area contributed by atoms with Gasteiger partial charge in [0.2, 0.25) is 10.0 Å². The standard InChI is InChI=1S/C5H11NO3S/c7-4-5-2-1-3-10(8,9)6-5/h5-7H,1-4H2. The summed E-state index contributed by atoms with van der Waals surface area (Å²) in [5.74, 6) is 0.198. The first-order chi connectivity index (χ1) is 4.64. The van der Waals surface area contributed by atoms with Gasteiger partial charge in [-0.1, -0.05) is 0 Å². The fourth-order valence-corrected chi connectivity index (χ4v) is 2.38. The monoisotopic (exact) mass is 165 g/mol. The van der Waals surface area contributed by atoms with E-state index in [1.54, 1.807) is 0 Å². The van der Waals surface area contributed by atoms with E-state index in [9.17, 15) is 8.42 Å². The van der Waals surface area contributed by atoms with E-state index in [0.717, 1.165) is 6.42 Å². The van der Waals surface area contributed by atoms with Crippen molar-refractivity contribution in [1.82, 2.24) is 4.72 Å². The lowest BCUT2D eigenvalue weighted by Crippen LogP contribution is -2.42. The molecule has 0 spiro atoms. The van der Waals surface area contributed by atoms with E-state index in [2.05, 4.69) is 4.72 Å². The van der Waals surface area contributed by atoms with Crippen molar-refractivity contribution >= 4 is 10.0 Å². The molecule has 1 aliphatic rings. The molecule has 10 heavy (non-hydrogen) atoms. The SMILES string of the molecule is O=S1(=O)CCCC(CO)N1. The maximum absolute atomic E-state index is 10.8. The first-order valence-corrected chi connectivity index (χ1v) is 4.90. The lowest BCUT2D eigenvalue weighted by molar-refractivity contribution is 0.246. The van der Waals surface area contributed by atoms with Crippen LogP contribution in [0.4, 0.5) is 0 Å². The van der Waals surface area contributed by atoms with Gasteiger partial charge in [0.1, 0.15) is 0 Å². The third-order valence-corrected chi connectivity index (χ3v) is 3.05. The molecule has 0 aromatic heterocycles. The lowest BCUT2D eigenvalue weighted by atomic mass is 10.2. The van der Waals surface area contributed by atoms with E-state index >= 15 is 0 Å². The van der Waals surface area contributed by atoms with Crippen LogP contribution in [0.15, 0.2) is 0 Å². The van der Waals surface area contributed by atoms with E-state index in [0.29, 0.717) is 6.42 Å². The highest BCUT2D eigenvalue weighted by Gasteiger charge is 2.22. The molecule has 4 nitrogen and oxygen atoms in total. The summed E-state index contributed by atoms with van der Waals surface area (Å²) >= 11 is 0. The van der Waals surface area contributed by atoms with Gasteiger partial charge in [0.25, 0.3) is 0 Å². The minimum Gasteiger partial charge on any atom is -0.395 e. The highest BCUT2D eigenvalue weighted by Crippen LogP contribution is 2.07. The molecule has 0 saturated carbocycles. The highest BCUT2D eigenvalue weighted by atomic mass is 32.2. The van der Waals surface area contributed by atoms with Crippen LogP contribution in [0.5, 0.6) is 0 Å². The van der Waals surface area contributed by atoms with Crippen molar-refractivity contribution in [2.24, 2.45) is 0 Å². The van der Waals surface area contributed by atoms with E-state index in [4.69, 9.17) is 5.11 Å². The zero-order valence-corrected chi connectivity index (χ0v) is 6.39. The Morgan fingerprint density at radius 3 is 2.70 bits per heavy atom. The average molecular weight is 165 g/mol. The van der Waals surface area contributed by atoms with Crippen LogP contribution in [0.25, 0.3) is 0 Å². The van der Waals surface area contributed by atoms with Crippen molar-refractivity contribution < 1.29 is 13.5 Å². The number of sulfonamides is 1. The minimum absolute atomic E-state index is 0.0980. The van der Waals surface area contributed by atoms with Gasteiger partial charge in [-0.25, -0.2) is 13.1 Å². The van der Waals surface area contributed by atoms with Crippen LogP contribution in [0.2, 0.25) is 0 Å². The Morgan fingerprint density at radius 1 is 1.60 bits per heavy atom. The second-order valence-corrected chi connectivity index (χ2v) is 4.33. The van der Waals surface area contributed by atoms with Gasteiger partial charge in [-0.2, -0.15) is 0 Å². The Hall–Kier alpha value is -0.130. The average Bonchev–Trinajstić information content (AvgIpc) is 1.86. The number of rotatable bonds is 1. The smallest absolute Gasteiger partial charge is 0.211 e. The molecule has 1 fully saturated rings. The summed E-state index contributed by atoms with van der Waals surface area (Å²) in [4.78, 5) is 0. The second kappa shape index (κ2) is 2.86. The molecule has 0 aromatic carbocycles. The molecular formula is C5H11NO3S. The van der Waals surface area contributed by atoms with E-state index < -0.39 is 10.0 Å². The Kier molecular flexibility index (Phi) is 2.28. The first kappa shape index (κ1) is 7.97. The fraction of sp³-hybridized carbons (Fsp3) is 1.00. The number of aliphatic hydroxyl groups excluding tert-OH is 1. The van der Waals surface area contributed by atoms with Gasteiger partial charge < -0.3 is 5.11 Å². The maximum atomic E-state index is 10.8. The normalized spacial score (nSPS) is 31.9. The molecule has 1 rings (SSSR count). The van der Waals surface area contributed by atoms with Crippen LogP contribution in [0, 0.1) is 0 Å². The summed E-state index contributed by atoms with van der Waals surface area (Å²) in [6, 6.07) is -0.251. The van der Waals surface area contributed by atoms with E-state index in [1.807, 2.05) is 0 Å². The first-order valence-electron chi connectivity index (χ1n) is 3.25. The predicted molar refractivity (Wildman–Crippen MR) is 37.0 cm³/mol. The zero-order chi connectivity index (χ0) is 7.61. The molecule has 2 N–H and O–H groups in total. The molecule has 0 aliphatic carbocycles. The van der Waals surface area contributed by atoms with Gasteiger partial charge in [-0.15, -0.1) is 0 Å². The topological polar surface area (TPSA) is 66.4 Å². The number of aliphatic hydroxyl groups is 1. The third kappa shape index (κ3) is 1.93. The van der Waals surface area contributed by atoms with Gasteiger partial charge in [0.05, 0.1) is 12.4 Å². The van der Waals surface area contributed by atoms with Crippen molar-refractivity contribution in [2.75, 3.05) is 12.4 Å². The minimum atomic E-state index is -3.05. The van der Waals surface area contributed by atoms with E-state index in [1.165, 1.54) is 0 Å². The summed E-state index contributed by atoms with van der Waals surface area (Å²) in [6.07, 6.45) is 1.40. The molecule has 1 unspecified atom stereocenters. The molecular weight excluding hydrogens is 154 g/mol. The van der Waals surface area contributed by atoms with Gasteiger partial charge in [0, 0.05) is 6.04 Å². The molecule has 5 heteroatoms. The van der Waals surface area contributed by atoms with Crippen LogP contribution < -0.4 is 4.72 Å². The van der Waals surface area contributed by atoms with Gasteiger partial charge in [-0.05, 0) is 12.8 Å². The summed E-state index contributed by atoms with van der Waals surface area (Å²) in [5.41, 5.74) is 0. The quantitative estimate of drug-likeness (QED) is 0.527. The predicted octanol–water partition coefficient (Wildman–Crippen LogP) is -0.940. The molecule has 60 valence electrons. The third-order valence-electron chi connectivity index (χ3n) is 1.53. The number of hydrogen-bond acceptors (Lipinski definition) is 3. The van der Waals surface area contributed by atoms with Gasteiger partial charge in [-0.3, -0.25) is 0 Å². The van der Waals surface area contributed by atoms with Gasteiger partial charge >= 0.3 is 0 Å². The van der Waals surface area contributed by atoms with E-state index in [-0.39, 0.29) is 18.4 Å². The van der Waals surface area contributed by atoms with Crippen LogP contribution in [0.3, 0.4) is 0 Å².